The van der Waals surface area contributed by atoms with E-state index in [1.165, 1.54) is 0 Å². The van der Waals surface area contributed by atoms with Crippen LogP contribution >= 0.6 is 15.9 Å². The van der Waals surface area contributed by atoms with Gasteiger partial charge in [0.05, 0.1) is 5.92 Å². The predicted molar refractivity (Wildman–Crippen MR) is 73.9 cm³/mol. The van der Waals surface area contributed by atoms with Gasteiger partial charge >= 0.3 is 0 Å². The zero-order valence-corrected chi connectivity index (χ0v) is 11.9. The SMILES string of the molecule is NC(=O)C(Cc1cncc(Br)c1)c1cc(F)ccc1F. The van der Waals surface area contributed by atoms with Crippen LogP contribution in [0.1, 0.15) is 17.0 Å². The number of carbonyl (C=O) groups excluding carboxylic acids is 1. The minimum atomic E-state index is -0.943. The third kappa shape index (κ3) is 3.39. The molecule has 0 saturated heterocycles. The zero-order valence-electron chi connectivity index (χ0n) is 10.3. The molecule has 3 nitrogen and oxygen atoms in total. The maximum Gasteiger partial charge on any atom is 0.225 e. The number of hydrogen-bond donors (Lipinski definition) is 1. The van der Waals surface area contributed by atoms with Gasteiger partial charge in [0.2, 0.25) is 5.91 Å². The number of aromatic nitrogens is 1. The molecule has 1 heterocycles. The molecule has 6 heteroatoms. The average molecular weight is 341 g/mol. The standard InChI is InChI=1S/C14H11BrF2N2O/c15-9-3-8(6-19-7-9)4-12(14(18)20)11-5-10(16)1-2-13(11)17/h1-3,5-7,12H,4H2,(H2,18,20). The highest BCUT2D eigenvalue weighted by atomic mass is 79.9. The minimum absolute atomic E-state index is 0.0440. The number of amides is 1. The maximum absolute atomic E-state index is 13.8. The first kappa shape index (κ1) is 14.6. The Kier molecular flexibility index (Phi) is 4.44. The molecule has 1 amide bonds. The number of primary amides is 1. The molecule has 0 radical (unpaired) electrons. The van der Waals surface area contributed by atoms with E-state index in [0.29, 0.717) is 5.56 Å². The van der Waals surface area contributed by atoms with E-state index in [1.807, 2.05) is 0 Å². The first-order valence-corrected chi connectivity index (χ1v) is 6.60. The number of carbonyl (C=O) groups is 1. The first-order valence-electron chi connectivity index (χ1n) is 5.81. The third-order valence-corrected chi connectivity index (χ3v) is 3.31. The Hall–Kier alpha value is -1.82. The normalized spacial score (nSPS) is 12.2. The van der Waals surface area contributed by atoms with Crippen LogP contribution in [0, 0.1) is 11.6 Å². The summed E-state index contributed by atoms with van der Waals surface area (Å²) in [6.07, 6.45) is 3.30. The highest BCUT2D eigenvalue weighted by molar-refractivity contribution is 9.10. The second-order valence-corrected chi connectivity index (χ2v) is 5.25. The summed E-state index contributed by atoms with van der Waals surface area (Å²) in [5, 5.41) is 0. The van der Waals surface area contributed by atoms with Crippen molar-refractivity contribution in [2.45, 2.75) is 12.3 Å². The summed E-state index contributed by atoms with van der Waals surface area (Å²) in [4.78, 5) is 15.5. The molecule has 0 saturated carbocycles. The molecule has 0 bridgehead atoms. The van der Waals surface area contributed by atoms with Crippen LogP contribution in [0.5, 0.6) is 0 Å². The predicted octanol–water partition coefficient (Wildman–Crippen LogP) is 2.93. The summed E-state index contributed by atoms with van der Waals surface area (Å²) >= 11 is 3.26. The van der Waals surface area contributed by atoms with Crippen LogP contribution in [-0.4, -0.2) is 10.9 Å². The molecule has 0 aliphatic carbocycles. The quantitative estimate of drug-likeness (QED) is 0.930. The van der Waals surface area contributed by atoms with Crippen LogP contribution in [0.15, 0.2) is 41.1 Å². The minimum Gasteiger partial charge on any atom is -0.369 e. The lowest BCUT2D eigenvalue weighted by atomic mass is 9.91. The van der Waals surface area contributed by atoms with Crippen molar-refractivity contribution < 1.29 is 13.6 Å². The van der Waals surface area contributed by atoms with Gasteiger partial charge in [-0.25, -0.2) is 8.78 Å². The first-order chi connectivity index (χ1) is 9.47. The lowest BCUT2D eigenvalue weighted by Gasteiger charge is -2.15. The topological polar surface area (TPSA) is 56.0 Å². The Morgan fingerprint density at radius 1 is 1.30 bits per heavy atom. The summed E-state index contributed by atoms with van der Waals surface area (Å²) in [6.45, 7) is 0. The zero-order chi connectivity index (χ0) is 14.7. The van der Waals surface area contributed by atoms with Crippen LogP contribution in [0.4, 0.5) is 8.78 Å². The number of nitrogens with two attached hydrogens (primary N) is 1. The Bertz CT molecular complexity index is 649. The van der Waals surface area contributed by atoms with Crippen molar-refractivity contribution in [2.75, 3.05) is 0 Å². The number of hydrogen-bond acceptors (Lipinski definition) is 2. The van der Waals surface area contributed by atoms with Crippen molar-refractivity contribution in [3.05, 3.63) is 63.9 Å². The summed E-state index contributed by atoms with van der Waals surface area (Å²) in [5.41, 5.74) is 5.97. The number of nitrogens with zero attached hydrogens (tertiary/aromatic N) is 1. The summed E-state index contributed by atoms with van der Waals surface area (Å²) in [6, 6.07) is 4.73. The molecule has 1 unspecified atom stereocenters. The number of rotatable bonds is 4. The third-order valence-electron chi connectivity index (χ3n) is 2.88. The second kappa shape index (κ2) is 6.09. The van der Waals surface area contributed by atoms with Gasteiger partial charge in [0, 0.05) is 22.4 Å². The molecule has 1 aromatic heterocycles. The van der Waals surface area contributed by atoms with E-state index >= 15 is 0 Å². The Labute approximate surface area is 123 Å². The van der Waals surface area contributed by atoms with Gasteiger partial charge in [0.1, 0.15) is 11.6 Å². The van der Waals surface area contributed by atoms with Crippen molar-refractivity contribution in [1.82, 2.24) is 4.98 Å². The Balaban J connectivity index is 2.37. The summed E-state index contributed by atoms with van der Waals surface area (Å²) in [5.74, 6) is -2.92. The molecule has 2 rings (SSSR count). The van der Waals surface area contributed by atoms with Gasteiger partial charge in [0.15, 0.2) is 0 Å². The Morgan fingerprint density at radius 2 is 2.05 bits per heavy atom. The van der Waals surface area contributed by atoms with Crippen LogP contribution in [-0.2, 0) is 11.2 Å². The van der Waals surface area contributed by atoms with E-state index in [4.69, 9.17) is 5.73 Å². The fraction of sp³-hybridized carbons (Fsp3) is 0.143. The maximum atomic E-state index is 13.8. The van der Waals surface area contributed by atoms with Gasteiger partial charge in [0.25, 0.3) is 0 Å². The van der Waals surface area contributed by atoms with Gasteiger partial charge < -0.3 is 5.73 Å². The highest BCUT2D eigenvalue weighted by Crippen LogP contribution is 2.25. The number of halogens is 3. The van der Waals surface area contributed by atoms with Gasteiger partial charge in [-0.2, -0.15) is 0 Å². The van der Waals surface area contributed by atoms with Gasteiger partial charge in [-0.05, 0) is 52.2 Å². The average Bonchev–Trinajstić information content (AvgIpc) is 2.39. The molecular formula is C14H11BrF2N2O. The van der Waals surface area contributed by atoms with Gasteiger partial charge in [-0.3, -0.25) is 9.78 Å². The van der Waals surface area contributed by atoms with Crippen LogP contribution in [0.2, 0.25) is 0 Å². The van der Waals surface area contributed by atoms with Crippen molar-refractivity contribution in [3.8, 4) is 0 Å². The summed E-state index contributed by atoms with van der Waals surface area (Å²) < 4.78 is 27.7. The van der Waals surface area contributed by atoms with E-state index in [1.54, 1.807) is 18.5 Å². The lowest BCUT2D eigenvalue weighted by molar-refractivity contribution is -0.119. The molecule has 2 aromatic rings. The molecule has 0 aliphatic heterocycles. The molecule has 0 fully saturated rings. The van der Waals surface area contributed by atoms with Crippen molar-refractivity contribution >= 4 is 21.8 Å². The second-order valence-electron chi connectivity index (χ2n) is 4.34. The van der Waals surface area contributed by atoms with Gasteiger partial charge in [-0.15, -0.1) is 0 Å². The van der Waals surface area contributed by atoms with Crippen LogP contribution in [0.25, 0.3) is 0 Å². The van der Waals surface area contributed by atoms with E-state index < -0.39 is 23.5 Å². The van der Waals surface area contributed by atoms with E-state index in [2.05, 4.69) is 20.9 Å². The fourth-order valence-electron chi connectivity index (χ4n) is 1.95. The molecule has 104 valence electrons. The molecule has 1 aromatic carbocycles. The van der Waals surface area contributed by atoms with Crippen molar-refractivity contribution in [1.29, 1.82) is 0 Å². The van der Waals surface area contributed by atoms with Gasteiger partial charge in [-0.1, -0.05) is 0 Å². The molecule has 0 spiro atoms. The molecule has 0 aliphatic rings. The molecular weight excluding hydrogens is 330 g/mol. The van der Waals surface area contributed by atoms with Crippen molar-refractivity contribution in [3.63, 3.8) is 0 Å². The lowest BCUT2D eigenvalue weighted by Crippen LogP contribution is -2.24. The van der Waals surface area contributed by atoms with Crippen LogP contribution in [0.3, 0.4) is 0 Å². The van der Waals surface area contributed by atoms with E-state index in [0.717, 1.165) is 22.7 Å². The van der Waals surface area contributed by atoms with Crippen LogP contribution < -0.4 is 5.73 Å². The molecule has 20 heavy (non-hydrogen) atoms. The fourth-order valence-corrected chi connectivity index (χ4v) is 2.36. The molecule has 1 atom stereocenters. The Morgan fingerprint density at radius 3 is 2.70 bits per heavy atom. The molecule has 2 N–H and O–H groups in total. The largest absolute Gasteiger partial charge is 0.369 e. The van der Waals surface area contributed by atoms with E-state index in [-0.39, 0.29) is 12.0 Å². The smallest absolute Gasteiger partial charge is 0.225 e. The van der Waals surface area contributed by atoms with Crippen molar-refractivity contribution in [2.24, 2.45) is 5.73 Å². The number of pyridine rings is 1. The monoisotopic (exact) mass is 340 g/mol. The summed E-state index contributed by atoms with van der Waals surface area (Å²) in [7, 11) is 0. The highest BCUT2D eigenvalue weighted by Gasteiger charge is 2.22. The van der Waals surface area contributed by atoms with E-state index in [9.17, 15) is 13.6 Å². The number of benzene rings is 1.